The maximum atomic E-state index is 12.8. The number of amides is 1. The minimum atomic E-state index is 0.305. The molecule has 0 aromatic carbocycles. The number of hydrogen-bond donors (Lipinski definition) is 2. The van der Waals surface area contributed by atoms with Crippen LogP contribution in [0.5, 0.6) is 0 Å². The highest BCUT2D eigenvalue weighted by molar-refractivity contribution is 5.76. The highest BCUT2D eigenvalue weighted by Gasteiger charge is 2.52. The van der Waals surface area contributed by atoms with E-state index in [1.807, 2.05) is 0 Å². The lowest BCUT2D eigenvalue weighted by Gasteiger charge is -2.56. The van der Waals surface area contributed by atoms with E-state index in [9.17, 15) is 4.79 Å². The summed E-state index contributed by atoms with van der Waals surface area (Å²) in [7, 11) is 0. The fraction of sp³-hybridized carbons (Fsp3) is 0.952. The normalized spacial score (nSPS) is 48.7. The predicted octanol–water partition coefficient (Wildman–Crippen LogP) is 3.00. The summed E-state index contributed by atoms with van der Waals surface area (Å²) in [5.74, 6) is 4.31. The summed E-state index contributed by atoms with van der Waals surface area (Å²) in [6, 6.07) is 0.472. The zero-order chi connectivity index (χ0) is 17.1. The summed E-state index contributed by atoms with van der Waals surface area (Å²) in [6.45, 7) is 7.85. The lowest BCUT2D eigenvalue weighted by molar-refractivity contribution is -0.439. The summed E-state index contributed by atoms with van der Waals surface area (Å²) in [5, 5.41) is 3.33. The van der Waals surface area contributed by atoms with Crippen molar-refractivity contribution in [2.45, 2.75) is 78.2 Å². The van der Waals surface area contributed by atoms with Gasteiger partial charge in [-0.3, -0.25) is 4.79 Å². The Hall–Kier alpha value is -0.570. The zero-order valence-corrected chi connectivity index (χ0v) is 15.9. The van der Waals surface area contributed by atoms with Crippen molar-refractivity contribution < 1.29 is 10.5 Å². The molecule has 5 aliphatic rings. The minimum absolute atomic E-state index is 0.305. The van der Waals surface area contributed by atoms with Crippen LogP contribution in [0.25, 0.3) is 0 Å². The van der Waals surface area contributed by atoms with E-state index in [1.54, 1.807) is 0 Å². The Morgan fingerprint density at radius 1 is 1.04 bits per heavy atom. The molecule has 5 aliphatic carbocycles. The van der Waals surface area contributed by atoms with Gasteiger partial charge in [0.2, 0.25) is 5.91 Å². The second kappa shape index (κ2) is 5.72. The number of quaternary nitrogens is 1. The van der Waals surface area contributed by atoms with Crippen molar-refractivity contribution in [1.29, 1.82) is 0 Å². The molecule has 4 bridgehead atoms. The average molecular weight is 334 g/mol. The van der Waals surface area contributed by atoms with E-state index in [4.69, 9.17) is 0 Å². The van der Waals surface area contributed by atoms with Gasteiger partial charge >= 0.3 is 0 Å². The number of nitrogens with one attached hydrogen (secondary N) is 1. The van der Waals surface area contributed by atoms with Crippen LogP contribution in [0.15, 0.2) is 0 Å². The first-order valence-corrected chi connectivity index (χ1v) is 10.4. The first kappa shape index (κ1) is 16.9. The van der Waals surface area contributed by atoms with Gasteiger partial charge in [-0.05, 0) is 73.5 Å². The van der Waals surface area contributed by atoms with Gasteiger partial charge in [0.05, 0.1) is 6.04 Å². The monoisotopic (exact) mass is 333 g/mol. The lowest BCUT2D eigenvalue weighted by Crippen LogP contribution is -2.67. The SMILES string of the molecule is C[C@H]1CC(C)(C)[C@H](CNC(=O)CC23CC4CC(CC(C4)C2)C3)[C@@H]1[NH3+]. The molecule has 0 aliphatic heterocycles. The largest absolute Gasteiger partial charge is 0.356 e. The molecule has 1 amide bonds. The van der Waals surface area contributed by atoms with E-state index in [0.717, 1.165) is 30.7 Å². The average Bonchev–Trinajstić information content (AvgIpc) is 2.63. The molecule has 0 aromatic rings. The molecule has 4 N–H and O–H groups in total. The Kier molecular flexibility index (Phi) is 4.02. The van der Waals surface area contributed by atoms with E-state index in [1.165, 1.54) is 44.9 Å². The summed E-state index contributed by atoms with van der Waals surface area (Å²) >= 11 is 0. The third-order valence-corrected chi connectivity index (χ3v) is 8.32. The minimum Gasteiger partial charge on any atom is -0.356 e. The fourth-order valence-electron chi connectivity index (χ4n) is 7.67. The molecular formula is C21H37N2O+. The van der Waals surface area contributed by atoms with Crippen LogP contribution < -0.4 is 11.1 Å². The van der Waals surface area contributed by atoms with Crippen LogP contribution in [0, 0.1) is 40.4 Å². The van der Waals surface area contributed by atoms with Crippen molar-refractivity contribution in [3.05, 3.63) is 0 Å². The second-order valence-electron chi connectivity index (χ2n) is 10.8. The van der Waals surface area contributed by atoms with E-state index in [-0.39, 0.29) is 0 Å². The van der Waals surface area contributed by atoms with Crippen molar-refractivity contribution in [2.75, 3.05) is 6.54 Å². The van der Waals surface area contributed by atoms with Crippen molar-refractivity contribution in [2.24, 2.45) is 40.4 Å². The molecule has 3 nitrogen and oxygen atoms in total. The summed E-state index contributed by atoms with van der Waals surface area (Å²) in [5.41, 5.74) is 5.07. The van der Waals surface area contributed by atoms with Crippen molar-refractivity contribution in [1.82, 2.24) is 5.32 Å². The standard InChI is InChI=1S/C21H36N2O/c1-13-7-20(2,3)17(19(13)22)12-23-18(24)11-21-8-14-4-15(9-21)6-16(5-14)10-21/h13-17,19H,4-12,22H2,1-3H3,(H,23,24)/p+1/t13-,14?,15?,16?,17+,19+,21?/m0/s1. The van der Waals surface area contributed by atoms with Gasteiger partial charge in [0.1, 0.15) is 0 Å². The number of carbonyl (C=O) groups excluding carboxylic acids is 1. The van der Waals surface area contributed by atoms with E-state index in [2.05, 4.69) is 31.8 Å². The Morgan fingerprint density at radius 2 is 1.58 bits per heavy atom. The molecule has 0 spiro atoms. The molecule has 0 aromatic heterocycles. The topological polar surface area (TPSA) is 56.7 Å². The Bertz CT molecular complexity index is 477. The van der Waals surface area contributed by atoms with Gasteiger partial charge in [-0.1, -0.05) is 20.8 Å². The predicted molar refractivity (Wildman–Crippen MR) is 96.0 cm³/mol. The van der Waals surface area contributed by atoms with E-state index < -0.39 is 0 Å². The van der Waals surface area contributed by atoms with Crippen LogP contribution in [0.1, 0.15) is 72.1 Å². The molecule has 0 heterocycles. The Balaban J connectivity index is 1.34. The first-order chi connectivity index (χ1) is 11.3. The smallest absolute Gasteiger partial charge is 0.220 e. The van der Waals surface area contributed by atoms with Crippen LogP contribution in [-0.4, -0.2) is 18.5 Å². The van der Waals surface area contributed by atoms with Gasteiger partial charge in [0, 0.05) is 24.8 Å². The van der Waals surface area contributed by atoms with Crippen LogP contribution in [0.4, 0.5) is 0 Å². The highest BCUT2D eigenvalue weighted by atomic mass is 16.1. The van der Waals surface area contributed by atoms with Crippen molar-refractivity contribution in [3.8, 4) is 0 Å². The molecule has 24 heavy (non-hydrogen) atoms. The second-order valence-corrected chi connectivity index (χ2v) is 10.8. The van der Waals surface area contributed by atoms with Crippen LogP contribution >= 0.6 is 0 Å². The molecule has 0 radical (unpaired) electrons. The number of carbonyl (C=O) groups is 1. The molecule has 3 atom stereocenters. The lowest BCUT2D eigenvalue weighted by atomic mass is 9.49. The highest BCUT2D eigenvalue weighted by Crippen LogP contribution is 2.61. The molecule has 5 rings (SSSR count). The summed E-state index contributed by atoms with van der Waals surface area (Å²) < 4.78 is 0. The third-order valence-electron chi connectivity index (χ3n) is 8.32. The van der Waals surface area contributed by atoms with Gasteiger partial charge < -0.3 is 11.1 Å². The van der Waals surface area contributed by atoms with Crippen molar-refractivity contribution >= 4 is 5.91 Å². The van der Waals surface area contributed by atoms with Crippen LogP contribution in [0.2, 0.25) is 0 Å². The fourth-order valence-corrected chi connectivity index (χ4v) is 7.67. The molecule has 3 heteroatoms. The van der Waals surface area contributed by atoms with Gasteiger partial charge in [0.15, 0.2) is 0 Å². The van der Waals surface area contributed by atoms with Gasteiger partial charge in [-0.15, -0.1) is 0 Å². The Morgan fingerprint density at radius 3 is 2.04 bits per heavy atom. The van der Waals surface area contributed by atoms with Crippen LogP contribution in [0.3, 0.4) is 0 Å². The van der Waals surface area contributed by atoms with E-state index in [0.29, 0.717) is 34.6 Å². The molecule has 0 saturated heterocycles. The van der Waals surface area contributed by atoms with Gasteiger partial charge in [0.25, 0.3) is 0 Å². The van der Waals surface area contributed by atoms with E-state index >= 15 is 0 Å². The Labute approximate surface area is 147 Å². The van der Waals surface area contributed by atoms with Crippen LogP contribution in [-0.2, 0) is 4.79 Å². The maximum Gasteiger partial charge on any atom is 0.220 e. The van der Waals surface area contributed by atoms with Crippen molar-refractivity contribution in [3.63, 3.8) is 0 Å². The molecule has 136 valence electrons. The molecule has 5 saturated carbocycles. The van der Waals surface area contributed by atoms with Gasteiger partial charge in [-0.25, -0.2) is 0 Å². The molecule has 0 unspecified atom stereocenters. The first-order valence-electron chi connectivity index (χ1n) is 10.4. The quantitative estimate of drug-likeness (QED) is 0.816. The molecular weight excluding hydrogens is 296 g/mol. The number of hydrogen-bond acceptors (Lipinski definition) is 1. The number of rotatable bonds is 4. The maximum absolute atomic E-state index is 12.8. The zero-order valence-electron chi connectivity index (χ0n) is 15.9. The summed E-state index contributed by atoms with van der Waals surface area (Å²) in [4.78, 5) is 12.8. The third kappa shape index (κ3) is 2.91. The van der Waals surface area contributed by atoms with Gasteiger partial charge in [-0.2, -0.15) is 0 Å². The molecule has 5 fully saturated rings. The summed E-state index contributed by atoms with van der Waals surface area (Å²) in [6.07, 6.45) is 10.4.